The van der Waals surface area contributed by atoms with E-state index in [2.05, 4.69) is 15.6 Å². The van der Waals surface area contributed by atoms with Crippen LogP contribution in [0.5, 0.6) is 0 Å². The lowest BCUT2D eigenvalue weighted by atomic mass is 10.1. The van der Waals surface area contributed by atoms with E-state index in [-0.39, 0.29) is 28.3 Å². The van der Waals surface area contributed by atoms with Gasteiger partial charge in [-0.3, -0.25) is 24.7 Å². The molecule has 2 amide bonds. The van der Waals surface area contributed by atoms with Crippen LogP contribution in [0.4, 0.5) is 21.5 Å². The van der Waals surface area contributed by atoms with Crippen LogP contribution in [-0.4, -0.2) is 21.7 Å². The van der Waals surface area contributed by atoms with Crippen molar-refractivity contribution in [1.82, 2.24) is 4.98 Å². The summed E-state index contributed by atoms with van der Waals surface area (Å²) in [6.45, 7) is 1.51. The first-order chi connectivity index (χ1) is 13.8. The molecule has 0 bridgehead atoms. The highest BCUT2D eigenvalue weighted by Crippen LogP contribution is 2.25. The molecule has 0 spiro atoms. The van der Waals surface area contributed by atoms with Gasteiger partial charge < -0.3 is 10.6 Å². The number of aryl methyl sites for hydroxylation is 1. The number of benzene rings is 2. The lowest BCUT2D eigenvalue weighted by Gasteiger charge is -2.13. The van der Waals surface area contributed by atoms with E-state index < -0.39 is 22.6 Å². The zero-order valence-electron chi connectivity index (χ0n) is 15.2. The summed E-state index contributed by atoms with van der Waals surface area (Å²) in [5.74, 6) is -1.75. The Morgan fingerprint density at radius 2 is 1.76 bits per heavy atom. The van der Waals surface area contributed by atoms with E-state index in [1.54, 1.807) is 12.1 Å². The third-order valence-electron chi connectivity index (χ3n) is 4.03. The Balaban J connectivity index is 1.84. The lowest BCUT2D eigenvalue weighted by molar-refractivity contribution is -0.385. The maximum atomic E-state index is 13.7. The molecule has 2 N–H and O–H groups in total. The second kappa shape index (κ2) is 8.26. The largest absolute Gasteiger partial charge is 0.320 e. The van der Waals surface area contributed by atoms with Crippen LogP contribution in [0.2, 0.25) is 0 Å². The molecule has 0 atom stereocenters. The Hall–Kier alpha value is -4.14. The van der Waals surface area contributed by atoms with Crippen molar-refractivity contribution >= 4 is 28.9 Å². The molecule has 0 aliphatic carbocycles. The fourth-order valence-corrected chi connectivity index (χ4v) is 2.61. The van der Waals surface area contributed by atoms with Gasteiger partial charge in [-0.2, -0.15) is 0 Å². The maximum Gasteiger partial charge on any atom is 0.274 e. The van der Waals surface area contributed by atoms with Gasteiger partial charge in [0.2, 0.25) is 0 Å². The van der Waals surface area contributed by atoms with E-state index in [4.69, 9.17) is 0 Å². The summed E-state index contributed by atoms with van der Waals surface area (Å²) < 4.78 is 13.7. The molecule has 146 valence electrons. The number of halogens is 1. The number of amides is 2. The Labute approximate surface area is 164 Å². The Bertz CT molecular complexity index is 1100. The zero-order chi connectivity index (χ0) is 21.0. The van der Waals surface area contributed by atoms with E-state index in [1.165, 1.54) is 43.5 Å². The fourth-order valence-electron chi connectivity index (χ4n) is 2.61. The van der Waals surface area contributed by atoms with Crippen LogP contribution in [0.25, 0.3) is 0 Å². The van der Waals surface area contributed by atoms with Crippen molar-refractivity contribution in [3.8, 4) is 0 Å². The Morgan fingerprint density at radius 3 is 2.41 bits per heavy atom. The number of anilines is 2. The third kappa shape index (κ3) is 4.59. The van der Waals surface area contributed by atoms with Gasteiger partial charge in [0.1, 0.15) is 11.5 Å². The minimum absolute atomic E-state index is 0.0373. The fraction of sp³-hybridized carbons (Fsp3) is 0.0500. The summed E-state index contributed by atoms with van der Waals surface area (Å²) in [5.41, 5.74) is 0.713. The molecule has 1 aromatic heterocycles. The minimum Gasteiger partial charge on any atom is -0.320 e. The molecule has 1 heterocycles. The number of pyridine rings is 1. The monoisotopic (exact) mass is 394 g/mol. The normalized spacial score (nSPS) is 10.3. The van der Waals surface area contributed by atoms with Crippen molar-refractivity contribution in [2.24, 2.45) is 0 Å². The summed E-state index contributed by atoms with van der Waals surface area (Å²) in [5, 5.41) is 16.0. The molecule has 0 saturated carbocycles. The number of aromatic nitrogens is 1. The van der Waals surface area contributed by atoms with E-state index in [1.807, 2.05) is 0 Å². The molecule has 8 nitrogen and oxygen atoms in total. The van der Waals surface area contributed by atoms with Crippen molar-refractivity contribution in [2.45, 2.75) is 6.92 Å². The predicted molar refractivity (Wildman–Crippen MR) is 104 cm³/mol. The van der Waals surface area contributed by atoms with Gasteiger partial charge in [-0.05, 0) is 49.4 Å². The van der Waals surface area contributed by atoms with Crippen molar-refractivity contribution in [3.63, 3.8) is 0 Å². The third-order valence-corrected chi connectivity index (χ3v) is 4.03. The van der Waals surface area contributed by atoms with Crippen molar-refractivity contribution in [1.29, 1.82) is 0 Å². The zero-order valence-corrected chi connectivity index (χ0v) is 15.2. The number of rotatable bonds is 5. The number of nitro benzene ring substituents is 1. The smallest absolute Gasteiger partial charge is 0.274 e. The van der Waals surface area contributed by atoms with Crippen molar-refractivity contribution in [3.05, 3.63) is 93.5 Å². The molecular formula is C20H15FN4O4. The molecule has 0 radical (unpaired) electrons. The predicted octanol–water partition coefficient (Wildman–Crippen LogP) is 3.94. The second-order valence-corrected chi connectivity index (χ2v) is 6.07. The summed E-state index contributed by atoms with van der Waals surface area (Å²) >= 11 is 0. The van der Waals surface area contributed by atoms with E-state index in [0.717, 1.165) is 12.1 Å². The summed E-state index contributed by atoms with van der Waals surface area (Å²) in [6.07, 6.45) is 1.46. The van der Waals surface area contributed by atoms with Crippen LogP contribution in [-0.2, 0) is 0 Å². The summed E-state index contributed by atoms with van der Waals surface area (Å²) in [7, 11) is 0. The highest BCUT2D eigenvalue weighted by molar-refractivity contribution is 6.09. The van der Waals surface area contributed by atoms with Crippen LogP contribution >= 0.6 is 0 Å². The van der Waals surface area contributed by atoms with E-state index in [9.17, 15) is 24.1 Å². The first-order valence-corrected chi connectivity index (χ1v) is 8.43. The molecule has 0 aliphatic rings. The summed E-state index contributed by atoms with van der Waals surface area (Å²) in [6, 6.07) is 12.2. The number of carbonyl (C=O) groups excluding carboxylic acids is 2. The molecule has 3 rings (SSSR count). The van der Waals surface area contributed by atoms with Crippen LogP contribution in [0.1, 0.15) is 26.4 Å². The molecule has 2 aromatic carbocycles. The maximum absolute atomic E-state index is 13.7. The number of nitro groups is 1. The summed E-state index contributed by atoms with van der Waals surface area (Å²) in [4.78, 5) is 39.1. The molecule has 29 heavy (non-hydrogen) atoms. The number of nitrogens with zero attached hydrogens (tertiary/aromatic N) is 2. The molecule has 3 aromatic rings. The first-order valence-electron chi connectivity index (χ1n) is 8.43. The second-order valence-electron chi connectivity index (χ2n) is 6.07. The van der Waals surface area contributed by atoms with Crippen molar-refractivity contribution in [2.75, 3.05) is 10.6 Å². The standard InChI is InChI=1S/C20H15FN4O4/c1-12-10-13(5-8-18(12)25(28)29)19(26)24-17-11-14(21)6-7-15(17)23-20(27)16-4-2-3-9-22-16/h2-11H,1H3,(H,23,27)(H,24,26). The highest BCUT2D eigenvalue weighted by Gasteiger charge is 2.16. The van der Waals surface area contributed by atoms with Crippen LogP contribution < -0.4 is 10.6 Å². The van der Waals surface area contributed by atoms with Crippen molar-refractivity contribution < 1.29 is 18.9 Å². The number of hydrogen-bond donors (Lipinski definition) is 2. The van der Waals surface area contributed by atoms with E-state index in [0.29, 0.717) is 5.56 Å². The number of hydrogen-bond acceptors (Lipinski definition) is 5. The number of nitrogens with one attached hydrogen (secondary N) is 2. The average Bonchev–Trinajstić information content (AvgIpc) is 2.70. The average molecular weight is 394 g/mol. The van der Waals surface area contributed by atoms with Gasteiger partial charge in [-0.25, -0.2) is 4.39 Å². The SMILES string of the molecule is Cc1cc(C(=O)Nc2cc(F)ccc2NC(=O)c2ccccn2)ccc1[N+](=O)[O-]. The van der Waals surface area contributed by atoms with E-state index >= 15 is 0 Å². The van der Waals surface area contributed by atoms with Gasteiger partial charge in [0.05, 0.1) is 16.3 Å². The first kappa shape index (κ1) is 19.6. The molecular weight excluding hydrogens is 379 g/mol. The molecule has 9 heteroatoms. The van der Waals surface area contributed by atoms with Gasteiger partial charge in [0.15, 0.2) is 0 Å². The minimum atomic E-state index is -0.615. The number of carbonyl (C=O) groups is 2. The van der Waals surface area contributed by atoms with Crippen LogP contribution in [0.15, 0.2) is 60.8 Å². The van der Waals surface area contributed by atoms with Gasteiger partial charge in [-0.15, -0.1) is 0 Å². The van der Waals surface area contributed by atoms with Gasteiger partial charge in [-0.1, -0.05) is 6.07 Å². The van der Waals surface area contributed by atoms with Gasteiger partial charge >= 0.3 is 0 Å². The highest BCUT2D eigenvalue weighted by atomic mass is 19.1. The molecule has 0 fully saturated rings. The Kier molecular flexibility index (Phi) is 5.59. The molecule has 0 aliphatic heterocycles. The van der Waals surface area contributed by atoms with Crippen LogP contribution in [0.3, 0.4) is 0 Å². The Morgan fingerprint density at radius 1 is 1.00 bits per heavy atom. The van der Waals surface area contributed by atoms with Gasteiger partial charge in [0.25, 0.3) is 17.5 Å². The topological polar surface area (TPSA) is 114 Å². The van der Waals surface area contributed by atoms with Gasteiger partial charge in [0, 0.05) is 23.4 Å². The lowest BCUT2D eigenvalue weighted by Crippen LogP contribution is -2.17. The molecule has 0 saturated heterocycles. The molecule has 0 unspecified atom stereocenters. The van der Waals surface area contributed by atoms with Crippen LogP contribution in [0, 0.1) is 22.9 Å². The quantitative estimate of drug-likeness (QED) is 0.502.